The summed E-state index contributed by atoms with van der Waals surface area (Å²) in [6, 6.07) is 10.6. The molecule has 1 unspecified atom stereocenters. The molecule has 0 aliphatic heterocycles. The van der Waals surface area contributed by atoms with Crippen molar-refractivity contribution in [1.29, 1.82) is 0 Å². The molecule has 0 saturated heterocycles. The zero-order valence-corrected chi connectivity index (χ0v) is 15.9. The van der Waals surface area contributed by atoms with Gasteiger partial charge in [0.15, 0.2) is 0 Å². The van der Waals surface area contributed by atoms with E-state index < -0.39 is 5.97 Å². The first-order valence-corrected chi connectivity index (χ1v) is 9.56. The van der Waals surface area contributed by atoms with Crippen LogP contribution in [0.2, 0.25) is 5.02 Å². The minimum Gasteiger partial charge on any atom is -0.506 e. The lowest BCUT2D eigenvalue weighted by Crippen LogP contribution is -2.03. The number of rotatable bonds is 4. The molecule has 146 valence electrons. The molecule has 4 aromatic rings. The Kier molecular flexibility index (Phi) is 4.06. The maximum atomic E-state index is 11.1. The van der Waals surface area contributed by atoms with Gasteiger partial charge >= 0.3 is 5.97 Å². The second-order valence-corrected chi connectivity index (χ2v) is 7.61. The van der Waals surface area contributed by atoms with Crippen molar-refractivity contribution < 1.29 is 19.5 Å². The van der Waals surface area contributed by atoms with Crippen molar-refractivity contribution in [2.45, 2.75) is 25.2 Å². The van der Waals surface area contributed by atoms with Crippen molar-refractivity contribution in [2.24, 2.45) is 0 Å². The fourth-order valence-corrected chi connectivity index (χ4v) is 4.18. The van der Waals surface area contributed by atoms with Gasteiger partial charge in [-0.1, -0.05) is 16.8 Å². The normalized spacial score (nSPS) is 15.7. The van der Waals surface area contributed by atoms with Crippen molar-refractivity contribution in [3.63, 3.8) is 0 Å². The summed E-state index contributed by atoms with van der Waals surface area (Å²) < 4.78 is 5.37. The zero-order valence-electron chi connectivity index (χ0n) is 15.1. The van der Waals surface area contributed by atoms with Gasteiger partial charge in [-0.25, -0.2) is 0 Å². The molecule has 7 nitrogen and oxygen atoms in total. The van der Waals surface area contributed by atoms with E-state index in [1.165, 1.54) is 11.6 Å². The molecule has 1 aliphatic rings. The molecule has 2 heterocycles. The summed E-state index contributed by atoms with van der Waals surface area (Å²) in [6.07, 6.45) is 1.82. The topological polar surface area (TPSA) is 112 Å². The van der Waals surface area contributed by atoms with Gasteiger partial charge < -0.3 is 19.7 Å². The van der Waals surface area contributed by atoms with Gasteiger partial charge in [0.2, 0.25) is 5.82 Å². The lowest BCUT2D eigenvalue weighted by atomic mass is 10.0. The van der Waals surface area contributed by atoms with Gasteiger partial charge in [-0.2, -0.15) is 4.98 Å². The summed E-state index contributed by atoms with van der Waals surface area (Å²) >= 11 is 5.96. The number of aromatic nitrogens is 3. The predicted molar refractivity (Wildman–Crippen MR) is 107 cm³/mol. The minimum absolute atomic E-state index is 0.0110. The second kappa shape index (κ2) is 6.63. The molecule has 0 saturated carbocycles. The maximum Gasteiger partial charge on any atom is 0.304 e. The fourth-order valence-electron chi connectivity index (χ4n) is 4.00. The van der Waals surface area contributed by atoms with E-state index in [1.807, 2.05) is 18.2 Å². The largest absolute Gasteiger partial charge is 0.506 e. The van der Waals surface area contributed by atoms with E-state index in [2.05, 4.69) is 15.1 Å². The number of carbonyl (C=O) groups is 1. The predicted octanol–water partition coefficient (Wildman–Crippen LogP) is 4.75. The number of hydrogen-bond donors (Lipinski definition) is 3. The summed E-state index contributed by atoms with van der Waals surface area (Å²) in [5, 5.41) is 24.0. The minimum atomic E-state index is -0.782. The highest BCUT2D eigenvalue weighted by Crippen LogP contribution is 2.40. The molecule has 8 heteroatoms. The molecule has 0 bridgehead atoms. The molecule has 0 amide bonds. The number of carboxylic acids is 1. The maximum absolute atomic E-state index is 11.1. The average molecular weight is 410 g/mol. The highest BCUT2D eigenvalue weighted by atomic mass is 35.5. The molecule has 0 spiro atoms. The number of phenols is 1. The number of nitrogens with zero attached hydrogens (tertiary/aromatic N) is 2. The average Bonchev–Trinajstić information content (AvgIpc) is 3.40. The Hall–Kier alpha value is -3.32. The summed E-state index contributed by atoms with van der Waals surface area (Å²) in [7, 11) is 0. The quantitative estimate of drug-likeness (QED) is 0.448. The zero-order chi connectivity index (χ0) is 20.1. The molecule has 1 atom stereocenters. The molecular formula is C21H16ClN3O4. The number of aromatic hydroxyl groups is 1. The Morgan fingerprint density at radius 1 is 1.24 bits per heavy atom. The van der Waals surface area contributed by atoms with Crippen molar-refractivity contribution in [3.8, 4) is 28.6 Å². The number of aliphatic carboxylic acids is 1. The summed E-state index contributed by atoms with van der Waals surface area (Å²) in [6.45, 7) is 0. The highest BCUT2D eigenvalue weighted by Gasteiger charge is 2.28. The van der Waals surface area contributed by atoms with Crippen LogP contribution in [-0.2, 0) is 11.2 Å². The van der Waals surface area contributed by atoms with Crippen LogP contribution in [0, 0.1) is 0 Å². The van der Waals surface area contributed by atoms with Gasteiger partial charge in [0.05, 0.1) is 11.4 Å². The third kappa shape index (κ3) is 3.03. The molecule has 29 heavy (non-hydrogen) atoms. The summed E-state index contributed by atoms with van der Waals surface area (Å²) in [5.41, 5.74) is 4.59. The van der Waals surface area contributed by atoms with Gasteiger partial charge in [-0.05, 0) is 54.8 Å². The molecular weight excluding hydrogens is 394 g/mol. The third-order valence-electron chi connectivity index (χ3n) is 5.39. The van der Waals surface area contributed by atoms with Crippen LogP contribution in [0.1, 0.15) is 30.0 Å². The number of halogens is 1. The first kappa shape index (κ1) is 17.8. The molecule has 3 N–H and O–H groups in total. The van der Waals surface area contributed by atoms with Gasteiger partial charge in [-0.3, -0.25) is 4.79 Å². The second-order valence-electron chi connectivity index (χ2n) is 7.20. The molecule has 2 aromatic heterocycles. The van der Waals surface area contributed by atoms with Gasteiger partial charge in [0, 0.05) is 33.6 Å². The Balaban J connectivity index is 1.51. The van der Waals surface area contributed by atoms with Crippen LogP contribution in [0.4, 0.5) is 0 Å². The Bertz CT molecular complexity index is 1260. The Morgan fingerprint density at radius 2 is 2.07 bits per heavy atom. The van der Waals surface area contributed by atoms with Crippen LogP contribution >= 0.6 is 11.6 Å². The number of hydrogen-bond acceptors (Lipinski definition) is 5. The number of aromatic amines is 1. The SMILES string of the molecule is O=C(O)CC1CCc2c1[nH]c1ccc(-c3noc(-c4ccc(O)c(Cl)c4)n3)cc21. The molecule has 0 fully saturated rings. The van der Waals surface area contributed by atoms with E-state index in [9.17, 15) is 9.90 Å². The van der Waals surface area contributed by atoms with Crippen LogP contribution < -0.4 is 0 Å². The van der Waals surface area contributed by atoms with E-state index >= 15 is 0 Å². The first-order valence-electron chi connectivity index (χ1n) is 9.19. The standard InChI is InChI=1S/C21H16ClN3O4/c22-15-8-12(3-6-17(15)26)21-24-20(25-29-21)11-2-5-16-14(7-11)13-4-1-10(9-18(27)28)19(13)23-16/h2-3,5-8,10,23,26H,1,4,9H2,(H,27,28). The van der Waals surface area contributed by atoms with Crippen LogP contribution in [0.25, 0.3) is 33.7 Å². The van der Waals surface area contributed by atoms with Crippen molar-refractivity contribution in [2.75, 3.05) is 0 Å². The van der Waals surface area contributed by atoms with E-state index in [0.29, 0.717) is 17.3 Å². The number of H-pyrrole nitrogens is 1. The highest BCUT2D eigenvalue weighted by molar-refractivity contribution is 6.32. The molecule has 2 aromatic carbocycles. The van der Waals surface area contributed by atoms with Crippen molar-refractivity contribution >= 4 is 28.5 Å². The third-order valence-corrected chi connectivity index (χ3v) is 5.69. The number of carboxylic acid groups (broad SMARTS) is 1. The fraction of sp³-hybridized carbons (Fsp3) is 0.190. The number of benzene rings is 2. The first-order chi connectivity index (χ1) is 14.0. The van der Waals surface area contributed by atoms with Gasteiger partial charge in [0.1, 0.15) is 5.75 Å². The van der Waals surface area contributed by atoms with E-state index in [1.54, 1.807) is 12.1 Å². The lowest BCUT2D eigenvalue weighted by Gasteiger charge is -2.05. The van der Waals surface area contributed by atoms with Gasteiger partial charge in [0.25, 0.3) is 5.89 Å². The van der Waals surface area contributed by atoms with Crippen molar-refractivity contribution in [3.05, 3.63) is 52.7 Å². The van der Waals surface area contributed by atoms with E-state index in [4.69, 9.17) is 21.2 Å². The number of fused-ring (bicyclic) bond motifs is 3. The van der Waals surface area contributed by atoms with Crippen LogP contribution in [0.15, 0.2) is 40.9 Å². The molecule has 5 rings (SSSR count). The molecule has 1 aliphatic carbocycles. The van der Waals surface area contributed by atoms with Crippen LogP contribution in [0.5, 0.6) is 5.75 Å². The van der Waals surface area contributed by atoms with Crippen molar-refractivity contribution in [1.82, 2.24) is 15.1 Å². The number of phenolic OH excluding ortho intramolecular Hbond substituents is 1. The molecule has 0 radical (unpaired) electrons. The van der Waals surface area contributed by atoms with E-state index in [-0.39, 0.29) is 23.1 Å². The van der Waals surface area contributed by atoms with Crippen LogP contribution in [-0.4, -0.2) is 31.3 Å². The Labute approximate surface area is 169 Å². The monoisotopic (exact) mass is 409 g/mol. The van der Waals surface area contributed by atoms with Gasteiger partial charge in [-0.15, -0.1) is 0 Å². The number of nitrogens with one attached hydrogen (secondary N) is 1. The smallest absolute Gasteiger partial charge is 0.304 e. The van der Waals surface area contributed by atoms with E-state index in [0.717, 1.165) is 35.0 Å². The Morgan fingerprint density at radius 3 is 2.86 bits per heavy atom. The summed E-state index contributed by atoms with van der Waals surface area (Å²) in [5.74, 6) is -0.0164. The summed E-state index contributed by atoms with van der Waals surface area (Å²) in [4.78, 5) is 19.0. The lowest BCUT2D eigenvalue weighted by molar-refractivity contribution is -0.137. The van der Waals surface area contributed by atoms with Crippen LogP contribution in [0.3, 0.4) is 0 Å². The number of aryl methyl sites for hydroxylation is 1.